The predicted molar refractivity (Wildman–Crippen MR) is 115 cm³/mol. The summed E-state index contributed by atoms with van der Waals surface area (Å²) < 4.78 is 4.38. The molecule has 3 aromatic rings. The van der Waals surface area contributed by atoms with Crippen LogP contribution in [0.4, 0.5) is 0 Å². The molecule has 0 aromatic carbocycles. The van der Waals surface area contributed by atoms with Gasteiger partial charge in [-0.1, -0.05) is 39.5 Å². The molecule has 0 spiro atoms. The number of fused-ring (bicyclic) bond motifs is 3. The van der Waals surface area contributed by atoms with Gasteiger partial charge in [0, 0.05) is 25.4 Å². The van der Waals surface area contributed by atoms with Crippen LogP contribution in [0, 0.1) is 5.92 Å². The number of thiophene rings is 1. The molecule has 29 heavy (non-hydrogen) atoms. The van der Waals surface area contributed by atoms with E-state index in [9.17, 15) is 9.59 Å². The number of nitrogens with zero attached hydrogens (tertiary/aromatic N) is 4. The van der Waals surface area contributed by atoms with Crippen molar-refractivity contribution in [1.82, 2.24) is 24.5 Å². The first-order valence-electron chi connectivity index (χ1n) is 10.7. The van der Waals surface area contributed by atoms with Gasteiger partial charge in [-0.05, 0) is 30.2 Å². The summed E-state index contributed by atoms with van der Waals surface area (Å²) in [6.07, 6.45) is 7.98. The Labute approximate surface area is 174 Å². The highest BCUT2D eigenvalue weighted by atomic mass is 32.1. The molecule has 8 heteroatoms. The van der Waals surface area contributed by atoms with Gasteiger partial charge in [-0.2, -0.15) is 0 Å². The van der Waals surface area contributed by atoms with Crippen molar-refractivity contribution in [2.75, 3.05) is 0 Å². The van der Waals surface area contributed by atoms with Crippen molar-refractivity contribution < 1.29 is 4.79 Å². The third-order valence-corrected chi connectivity index (χ3v) is 6.51. The second-order valence-electron chi connectivity index (χ2n) is 8.45. The molecule has 4 rings (SSSR count). The fraction of sp³-hybridized carbons (Fsp3) is 0.619. The zero-order chi connectivity index (χ0) is 20.4. The fourth-order valence-corrected chi connectivity index (χ4v) is 5.05. The molecule has 3 heterocycles. The van der Waals surface area contributed by atoms with Crippen LogP contribution in [0.15, 0.2) is 16.2 Å². The molecule has 3 aromatic heterocycles. The molecule has 0 saturated heterocycles. The fourth-order valence-electron chi connectivity index (χ4n) is 4.22. The first-order chi connectivity index (χ1) is 14.0. The van der Waals surface area contributed by atoms with Gasteiger partial charge in [0.1, 0.15) is 10.5 Å². The monoisotopic (exact) mass is 415 g/mol. The maximum atomic E-state index is 12.9. The van der Waals surface area contributed by atoms with Crippen molar-refractivity contribution in [2.45, 2.75) is 77.8 Å². The van der Waals surface area contributed by atoms with E-state index in [4.69, 9.17) is 0 Å². The molecule has 1 saturated carbocycles. The topological polar surface area (TPSA) is 81.3 Å². The Morgan fingerprint density at radius 1 is 1.24 bits per heavy atom. The van der Waals surface area contributed by atoms with Crippen LogP contribution in [0.2, 0.25) is 0 Å². The highest BCUT2D eigenvalue weighted by molar-refractivity contribution is 7.17. The van der Waals surface area contributed by atoms with Crippen molar-refractivity contribution in [3.63, 3.8) is 0 Å². The lowest BCUT2D eigenvalue weighted by Gasteiger charge is -2.16. The predicted octanol–water partition coefficient (Wildman–Crippen LogP) is 3.53. The Morgan fingerprint density at radius 3 is 2.72 bits per heavy atom. The van der Waals surface area contributed by atoms with Crippen molar-refractivity contribution in [2.24, 2.45) is 5.92 Å². The molecule has 7 nitrogen and oxygen atoms in total. The number of hydrogen-bond donors (Lipinski definition) is 1. The maximum absolute atomic E-state index is 12.9. The molecule has 156 valence electrons. The van der Waals surface area contributed by atoms with Crippen molar-refractivity contribution in [3.8, 4) is 0 Å². The quantitative estimate of drug-likeness (QED) is 0.625. The molecule has 0 unspecified atom stereocenters. The van der Waals surface area contributed by atoms with Gasteiger partial charge in [0.2, 0.25) is 11.7 Å². The van der Waals surface area contributed by atoms with Crippen molar-refractivity contribution in [1.29, 1.82) is 0 Å². The lowest BCUT2D eigenvalue weighted by molar-refractivity contribution is -0.121. The van der Waals surface area contributed by atoms with E-state index in [0.717, 1.165) is 24.2 Å². The van der Waals surface area contributed by atoms with Gasteiger partial charge < -0.3 is 5.32 Å². The number of nitrogens with one attached hydrogen (secondary N) is 1. The summed E-state index contributed by atoms with van der Waals surface area (Å²) in [4.78, 5) is 25.4. The van der Waals surface area contributed by atoms with E-state index in [1.54, 1.807) is 4.57 Å². The summed E-state index contributed by atoms with van der Waals surface area (Å²) in [5.41, 5.74) is 0.820. The Bertz CT molecular complexity index is 1060. The molecule has 0 aliphatic heterocycles. The average molecular weight is 416 g/mol. The largest absolute Gasteiger partial charge is 0.353 e. The molecular weight excluding hydrogens is 386 g/mol. The summed E-state index contributed by atoms with van der Waals surface area (Å²) in [6, 6.07) is 2.24. The van der Waals surface area contributed by atoms with E-state index in [2.05, 4.69) is 29.4 Å². The Kier molecular flexibility index (Phi) is 5.99. The first-order valence-corrected chi connectivity index (χ1v) is 11.6. The normalized spacial score (nSPS) is 16.0. The molecular formula is C21H29N5O2S. The van der Waals surface area contributed by atoms with Gasteiger partial charge in [-0.3, -0.25) is 18.6 Å². The summed E-state index contributed by atoms with van der Waals surface area (Å²) in [7, 11) is 0. The minimum atomic E-state index is -0.0127. The van der Waals surface area contributed by atoms with Gasteiger partial charge in [0.15, 0.2) is 0 Å². The number of hydrogen-bond acceptors (Lipinski definition) is 5. The van der Waals surface area contributed by atoms with Crippen LogP contribution in [-0.2, 0) is 17.8 Å². The van der Waals surface area contributed by atoms with E-state index in [1.165, 1.54) is 37.0 Å². The van der Waals surface area contributed by atoms with Gasteiger partial charge in [-0.15, -0.1) is 21.5 Å². The van der Waals surface area contributed by atoms with Crippen LogP contribution in [0.1, 0.15) is 64.6 Å². The second kappa shape index (κ2) is 8.65. The van der Waals surface area contributed by atoms with Crippen LogP contribution in [0.25, 0.3) is 16.0 Å². The summed E-state index contributed by atoms with van der Waals surface area (Å²) >= 11 is 1.44. The van der Waals surface area contributed by atoms with Gasteiger partial charge >= 0.3 is 0 Å². The van der Waals surface area contributed by atoms with E-state index < -0.39 is 0 Å². The molecule has 0 bridgehead atoms. The third kappa shape index (κ3) is 4.22. The molecule has 1 N–H and O–H groups in total. The van der Waals surface area contributed by atoms with E-state index in [-0.39, 0.29) is 11.5 Å². The lowest BCUT2D eigenvalue weighted by Crippen LogP contribution is -2.34. The van der Waals surface area contributed by atoms with Crippen LogP contribution < -0.4 is 10.9 Å². The molecule has 1 aliphatic carbocycles. The van der Waals surface area contributed by atoms with Gasteiger partial charge in [0.05, 0.1) is 5.52 Å². The number of aromatic nitrogens is 4. The average Bonchev–Trinajstić information content (AvgIpc) is 3.25. The van der Waals surface area contributed by atoms with Crippen molar-refractivity contribution >= 4 is 33.2 Å². The molecule has 1 aliphatic rings. The number of aryl methyl sites for hydroxylation is 1. The Balaban J connectivity index is 1.57. The minimum absolute atomic E-state index is 0.0127. The summed E-state index contributed by atoms with van der Waals surface area (Å²) in [5.74, 6) is 1.69. The number of amides is 1. The van der Waals surface area contributed by atoms with Crippen LogP contribution in [0.5, 0.6) is 0 Å². The SMILES string of the molecule is CC(C)Cn1c(=O)c2sccc2n2c(CCC(=O)NC3CCCCCC3)nnc12. The van der Waals surface area contributed by atoms with E-state index >= 15 is 0 Å². The second-order valence-corrected chi connectivity index (χ2v) is 9.37. The lowest BCUT2D eigenvalue weighted by atomic mass is 10.1. The maximum Gasteiger partial charge on any atom is 0.272 e. The Hall–Kier alpha value is -2.22. The molecule has 1 amide bonds. The van der Waals surface area contributed by atoms with Crippen LogP contribution in [-0.4, -0.2) is 31.1 Å². The van der Waals surface area contributed by atoms with E-state index in [0.29, 0.717) is 41.8 Å². The first kappa shape index (κ1) is 20.1. The van der Waals surface area contributed by atoms with Gasteiger partial charge in [-0.25, -0.2) is 0 Å². The molecule has 1 fully saturated rings. The smallest absolute Gasteiger partial charge is 0.272 e. The van der Waals surface area contributed by atoms with E-state index in [1.807, 2.05) is 15.8 Å². The number of carbonyl (C=O) groups excluding carboxylic acids is 1. The number of carbonyl (C=O) groups is 1. The highest BCUT2D eigenvalue weighted by Crippen LogP contribution is 2.21. The third-order valence-electron chi connectivity index (χ3n) is 5.62. The van der Waals surface area contributed by atoms with Gasteiger partial charge in [0.25, 0.3) is 5.56 Å². The molecule has 0 radical (unpaired) electrons. The highest BCUT2D eigenvalue weighted by Gasteiger charge is 2.19. The summed E-state index contributed by atoms with van der Waals surface area (Å²) in [6.45, 7) is 4.75. The zero-order valence-corrected chi connectivity index (χ0v) is 18.0. The van der Waals surface area contributed by atoms with Crippen LogP contribution >= 0.6 is 11.3 Å². The van der Waals surface area contributed by atoms with Crippen molar-refractivity contribution in [3.05, 3.63) is 27.6 Å². The molecule has 0 atom stereocenters. The van der Waals surface area contributed by atoms with Crippen LogP contribution in [0.3, 0.4) is 0 Å². The minimum Gasteiger partial charge on any atom is -0.353 e. The zero-order valence-electron chi connectivity index (χ0n) is 17.2. The summed E-state index contributed by atoms with van der Waals surface area (Å²) in [5, 5.41) is 13.8. The number of rotatable bonds is 6. The Morgan fingerprint density at radius 2 is 2.00 bits per heavy atom. The standard InChI is InChI=1S/C21H29N5O2S/c1-14(2)13-25-20(28)19-16(11-12-29-19)26-17(23-24-21(25)26)9-10-18(27)22-15-7-5-3-4-6-8-15/h11-12,14-15H,3-10,13H2,1-2H3,(H,22,27).